The molecule has 0 saturated heterocycles. The Kier molecular flexibility index (Phi) is 6.78. The Morgan fingerprint density at radius 3 is 1.96 bits per heavy atom. The highest BCUT2D eigenvalue weighted by atomic mass is 32.1. The number of para-hydroxylation sites is 1. The summed E-state index contributed by atoms with van der Waals surface area (Å²) in [4.78, 5) is 1.26. The minimum absolute atomic E-state index is 1.16. The van der Waals surface area contributed by atoms with Gasteiger partial charge in [0.25, 0.3) is 0 Å². The zero-order valence-electron chi connectivity index (χ0n) is 25.1. The first-order valence-electron chi connectivity index (χ1n) is 15.3. The lowest BCUT2D eigenvalue weighted by Gasteiger charge is -2.11. The van der Waals surface area contributed by atoms with Crippen molar-refractivity contribution < 1.29 is 0 Å². The molecule has 2 aromatic heterocycles. The maximum absolute atomic E-state index is 4.08. The van der Waals surface area contributed by atoms with Crippen molar-refractivity contribution in [1.82, 2.24) is 4.57 Å². The molecule has 2 heteroatoms. The van der Waals surface area contributed by atoms with Crippen LogP contribution in [0.3, 0.4) is 0 Å². The third-order valence-corrected chi connectivity index (χ3v) is 9.89. The second-order valence-corrected chi connectivity index (χ2v) is 12.4. The summed E-state index contributed by atoms with van der Waals surface area (Å²) >= 11 is 1.82. The predicted molar refractivity (Wildman–Crippen MR) is 197 cm³/mol. The number of aromatic nitrogens is 1. The molecule has 0 radical (unpaired) electrons. The van der Waals surface area contributed by atoms with Crippen molar-refractivity contribution in [1.29, 1.82) is 0 Å². The summed E-state index contributed by atoms with van der Waals surface area (Å²) in [6.07, 6.45) is 6.24. The van der Waals surface area contributed by atoms with Gasteiger partial charge in [-0.05, 0) is 88.3 Å². The van der Waals surface area contributed by atoms with Gasteiger partial charge in [0, 0.05) is 31.4 Å². The van der Waals surface area contributed by atoms with Crippen LogP contribution < -0.4 is 0 Å². The Hall–Kier alpha value is -5.44. The summed E-state index contributed by atoms with van der Waals surface area (Å²) < 4.78 is 3.68. The van der Waals surface area contributed by atoms with Gasteiger partial charge in [0.05, 0.1) is 11.0 Å². The summed E-state index contributed by atoms with van der Waals surface area (Å²) in [5.41, 5.74) is 12.1. The van der Waals surface area contributed by atoms with E-state index in [1.807, 2.05) is 17.4 Å². The van der Waals surface area contributed by atoms with Crippen molar-refractivity contribution in [3.63, 3.8) is 0 Å². The number of hydrogen-bond acceptors (Lipinski definition) is 1. The van der Waals surface area contributed by atoms with Crippen molar-refractivity contribution in [2.45, 2.75) is 6.92 Å². The van der Waals surface area contributed by atoms with Gasteiger partial charge in [0.2, 0.25) is 0 Å². The molecule has 0 spiro atoms. The van der Waals surface area contributed by atoms with Gasteiger partial charge in [-0.1, -0.05) is 122 Å². The largest absolute Gasteiger partial charge is 0.309 e. The van der Waals surface area contributed by atoms with Crippen LogP contribution in [-0.2, 0) is 0 Å². The van der Waals surface area contributed by atoms with E-state index in [0.717, 1.165) is 5.69 Å². The second-order valence-electron chi connectivity index (χ2n) is 11.3. The lowest BCUT2D eigenvalue weighted by atomic mass is 9.98. The molecule has 8 rings (SSSR count). The molecule has 0 bridgehead atoms. The summed E-state index contributed by atoms with van der Waals surface area (Å²) in [7, 11) is 0. The zero-order chi connectivity index (χ0) is 30.3. The number of fused-ring (bicyclic) bond motifs is 4. The van der Waals surface area contributed by atoms with E-state index in [0.29, 0.717) is 0 Å². The number of nitrogens with zero attached hydrogens (tertiary/aromatic N) is 1. The fraction of sp³-hybridized carbons (Fsp3) is 0.0233. The minimum atomic E-state index is 1.16. The molecule has 6 aromatic carbocycles. The fourth-order valence-corrected chi connectivity index (χ4v) is 7.77. The highest BCUT2D eigenvalue weighted by Crippen LogP contribution is 2.39. The Morgan fingerprint density at radius 1 is 0.578 bits per heavy atom. The highest BCUT2D eigenvalue weighted by Gasteiger charge is 2.16. The van der Waals surface area contributed by atoms with E-state index in [4.69, 9.17) is 0 Å². The minimum Gasteiger partial charge on any atom is -0.309 e. The quantitative estimate of drug-likeness (QED) is 0.181. The Balaban J connectivity index is 1.15. The molecule has 0 saturated carbocycles. The molecule has 1 nitrogen and oxygen atoms in total. The first-order chi connectivity index (χ1) is 22.2. The van der Waals surface area contributed by atoms with E-state index < -0.39 is 0 Å². The molecule has 0 unspecified atom stereocenters. The first kappa shape index (κ1) is 27.1. The molecule has 0 aliphatic heterocycles. The van der Waals surface area contributed by atoms with Crippen molar-refractivity contribution in [3.8, 4) is 39.1 Å². The van der Waals surface area contributed by atoms with Gasteiger partial charge in [-0.25, -0.2) is 0 Å². The van der Waals surface area contributed by atoms with Gasteiger partial charge < -0.3 is 4.57 Å². The van der Waals surface area contributed by atoms with Crippen molar-refractivity contribution >= 4 is 55.4 Å². The molecule has 8 aromatic rings. The van der Waals surface area contributed by atoms with Crippen LogP contribution in [0.4, 0.5) is 0 Å². The number of rotatable bonds is 6. The predicted octanol–water partition coefficient (Wildman–Crippen LogP) is 12.7. The molecule has 0 fully saturated rings. The first-order valence-corrected chi connectivity index (χ1v) is 16.2. The normalized spacial score (nSPS) is 11.7. The van der Waals surface area contributed by atoms with Crippen LogP contribution in [0, 0.1) is 0 Å². The van der Waals surface area contributed by atoms with E-state index in [9.17, 15) is 0 Å². The monoisotopic (exact) mass is 593 g/mol. The third kappa shape index (κ3) is 4.63. The van der Waals surface area contributed by atoms with E-state index in [-0.39, 0.29) is 0 Å². The lowest BCUT2D eigenvalue weighted by Crippen LogP contribution is -1.93. The summed E-state index contributed by atoms with van der Waals surface area (Å²) in [5, 5.41) is 3.82. The summed E-state index contributed by atoms with van der Waals surface area (Å²) in [5.74, 6) is 0. The topological polar surface area (TPSA) is 4.93 Å². The zero-order valence-corrected chi connectivity index (χ0v) is 25.9. The van der Waals surface area contributed by atoms with Gasteiger partial charge >= 0.3 is 0 Å². The number of thiophene rings is 1. The SMILES string of the molecule is C=Cc1c(/C=C\C)sc2ccc(-c3ccc(-c4ccc(-n5c6ccccc6c6c(-c7ccccc7)cccc65)cc4)cc3)cc12. The molecule has 0 amide bonds. The van der Waals surface area contributed by atoms with Crippen LogP contribution >= 0.6 is 11.3 Å². The van der Waals surface area contributed by atoms with Gasteiger partial charge in [-0.15, -0.1) is 11.3 Å². The molecule has 45 heavy (non-hydrogen) atoms. The van der Waals surface area contributed by atoms with E-state index in [1.54, 1.807) is 0 Å². The van der Waals surface area contributed by atoms with Crippen LogP contribution in [-0.4, -0.2) is 4.57 Å². The molecule has 214 valence electrons. The average Bonchev–Trinajstić information content (AvgIpc) is 3.63. The maximum Gasteiger partial charge on any atom is 0.0547 e. The summed E-state index contributed by atoms with van der Waals surface area (Å²) in [6.45, 7) is 6.14. The lowest BCUT2D eigenvalue weighted by molar-refractivity contribution is 1.18. The molecular formula is C43H31NS. The second kappa shape index (κ2) is 11.2. The van der Waals surface area contributed by atoms with E-state index in [1.165, 1.54) is 75.7 Å². The van der Waals surface area contributed by atoms with Crippen LogP contribution in [0.5, 0.6) is 0 Å². The maximum atomic E-state index is 4.08. The standard InChI is InChI=1S/C43H31NS/c1-3-11-41-35(4-2)38-28-33(24-27-42(38)45-41)31-20-18-29(19-21-31)30-22-25-34(26-23-30)44-39-16-9-8-14-37(39)43-36(15-10-17-40(43)44)32-12-6-5-7-13-32/h3-28H,2H2,1H3/b11-3-. The number of allylic oxidation sites excluding steroid dienone is 1. The molecule has 2 heterocycles. The van der Waals surface area contributed by atoms with Gasteiger partial charge in [-0.2, -0.15) is 0 Å². The third-order valence-electron chi connectivity index (χ3n) is 8.74. The number of benzene rings is 6. The van der Waals surface area contributed by atoms with Crippen molar-refractivity contribution in [3.05, 3.63) is 163 Å². The van der Waals surface area contributed by atoms with E-state index >= 15 is 0 Å². The molecular weight excluding hydrogens is 563 g/mol. The Morgan fingerprint density at radius 2 is 1.22 bits per heavy atom. The highest BCUT2D eigenvalue weighted by molar-refractivity contribution is 7.20. The molecule has 0 aliphatic carbocycles. The van der Waals surface area contributed by atoms with Crippen LogP contribution in [0.25, 0.3) is 83.1 Å². The van der Waals surface area contributed by atoms with Crippen LogP contribution in [0.15, 0.2) is 152 Å². The van der Waals surface area contributed by atoms with Crippen molar-refractivity contribution in [2.75, 3.05) is 0 Å². The van der Waals surface area contributed by atoms with Crippen molar-refractivity contribution in [2.24, 2.45) is 0 Å². The molecule has 0 aliphatic rings. The molecule has 0 atom stereocenters. The number of hydrogen-bond donors (Lipinski definition) is 0. The van der Waals surface area contributed by atoms with Gasteiger partial charge in [-0.3, -0.25) is 0 Å². The average molecular weight is 594 g/mol. The van der Waals surface area contributed by atoms with Gasteiger partial charge in [0.15, 0.2) is 0 Å². The van der Waals surface area contributed by atoms with Crippen LogP contribution in [0.1, 0.15) is 17.4 Å². The Bertz CT molecular complexity index is 2370. The van der Waals surface area contributed by atoms with Gasteiger partial charge in [0.1, 0.15) is 0 Å². The summed E-state index contributed by atoms with van der Waals surface area (Å²) in [6, 6.07) is 50.7. The molecule has 0 N–H and O–H groups in total. The van der Waals surface area contributed by atoms with Crippen LogP contribution in [0.2, 0.25) is 0 Å². The van der Waals surface area contributed by atoms with E-state index in [2.05, 4.69) is 170 Å². The fourth-order valence-electron chi connectivity index (χ4n) is 6.61. The Labute approximate surface area is 267 Å². The smallest absolute Gasteiger partial charge is 0.0547 e.